The van der Waals surface area contributed by atoms with Gasteiger partial charge in [0, 0.05) is 0 Å². The molecule has 0 aliphatic rings. The molecule has 0 spiro atoms. The number of carbonyl (C=O) groups is 1. The van der Waals surface area contributed by atoms with Crippen LogP contribution in [0.5, 0.6) is 5.75 Å². The number of hydrogen-bond donors (Lipinski definition) is 0. The summed E-state index contributed by atoms with van der Waals surface area (Å²) in [5.74, 6) is 0.265. The van der Waals surface area contributed by atoms with Crippen LogP contribution in [0.25, 0.3) is 0 Å². The monoisotopic (exact) mass is 378 g/mol. The molecule has 0 radical (unpaired) electrons. The van der Waals surface area contributed by atoms with Gasteiger partial charge in [-0.05, 0) is 0 Å². The molecule has 3 nitrogen and oxygen atoms in total. The molecule has 0 heterocycles. The number of rotatable bonds is 4. The topological polar surface area (TPSA) is 35.5 Å². The van der Waals surface area contributed by atoms with E-state index in [9.17, 15) is 4.79 Å². The van der Waals surface area contributed by atoms with Gasteiger partial charge in [-0.3, -0.25) is 0 Å². The summed E-state index contributed by atoms with van der Waals surface area (Å²) in [5, 5.41) is 0. The number of ether oxygens (including phenoxy) is 2. The van der Waals surface area contributed by atoms with Crippen LogP contribution in [0.1, 0.15) is 29.8 Å². The minimum absolute atomic E-state index is 0.0347. The molecule has 0 atom stereocenters. The van der Waals surface area contributed by atoms with Crippen molar-refractivity contribution in [1.29, 1.82) is 0 Å². The predicted molar refractivity (Wildman–Crippen MR) is 70.4 cm³/mol. The molecule has 1 rings (SSSR count). The molecule has 0 N–H and O–H groups in total. The standard InChI is InChI=1S/C12H14O3.2ClH.Ru/c1-8(2)15-11-6-5-10(7-9(11)3)12(13)14-4;;;/h3,5-8H,1-2,4H3;2*1H;/q;;;+2/p-2. The Hall–Kier alpha value is -0.437. The van der Waals surface area contributed by atoms with Crippen molar-refractivity contribution in [2.75, 3.05) is 7.11 Å². The van der Waals surface area contributed by atoms with Crippen LogP contribution in [0.3, 0.4) is 0 Å². The molecule has 1 aromatic rings. The third-order valence-electron chi connectivity index (χ3n) is 1.98. The summed E-state index contributed by atoms with van der Waals surface area (Å²) in [5.41, 5.74) is 1.18. The molecule has 0 unspecified atom stereocenters. The molecule has 0 fully saturated rings. The molecule has 0 aliphatic heterocycles. The predicted octanol–water partition coefficient (Wildman–Crippen LogP) is 3.34. The van der Waals surface area contributed by atoms with E-state index in [4.69, 9.17) is 24.1 Å². The zero-order valence-corrected chi connectivity index (χ0v) is 13.5. The number of methoxy groups -OCH3 is 1. The van der Waals surface area contributed by atoms with Gasteiger partial charge in [0.15, 0.2) is 0 Å². The Labute approximate surface area is 119 Å². The first-order chi connectivity index (χ1) is 8.43. The maximum atomic E-state index is 11.5. The number of benzene rings is 1. The van der Waals surface area contributed by atoms with E-state index in [0.29, 0.717) is 11.3 Å². The quantitative estimate of drug-likeness (QED) is 0.596. The van der Waals surface area contributed by atoms with Gasteiger partial charge in [-0.25, -0.2) is 0 Å². The van der Waals surface area contributed by atoms with Gasteiger partial charge in [0.25, 0.3) is 0 Å². The Morgan fingerprint density at radius 2 is 2.06 bits per heavy atom. The van der Waals surface area contributed by atoms with Crippen LogP contribution in [-0.4, -0.2) is 23.8 Å². The van der Waals surface area contributed by atoms with Crippen molar-refractivity contribution in [2.45, 2.75) is 20.0 Å². The molecule has 102 valence electrons. The summed E-state index contributed by atoms with van der Waals surface area (Å²) in [7, 11) is 13.1. The summed E-state index contributed by atoms with van der Waals surface area (Å²) < 4.78 is 12.1. The van der Waals surface area contributed by atoms with E-state index in [1.54, 1.807) is 22.8 Å². The number of esters is 1. The molecule has 0 bridgehead atoms. The summed E-state index contributed by atoms with van der Waals surface area (Å²) >= 11 is -1.98. The second-order valence-electron chi connectivity index (χ2n) is 3.72. The van der Waals surface area contributed by atoms with Crippen molar-refractivity contribution in [3.8, 4) is 5.75 Å². The fourth-order valence-corrected chi connectivity index (χ4v) is 3.10. The van der Waals surface area contributed by atoms with Crippen LogP contribution in [0, 0.1) is 0 Å². The van der Waals surface area contributed by atoms with E-state index >= 15 is 0 Å². The normalized spacial score (nSPS) is 11.1. The third kappa shape index (κ3) is 4.68. The van der Waals surface area contributed by atoms with E-state index < -0.39 is 19.5 Å². The first-order valence-corrected chi connectivity index (χ1v) is 10.6. The van der Waals surface area contributed by atoms with Gasteiger partial charge in [-0.2, -0.15) is 0 Å². The average Bonchev–Trinajstić information content (AvgIpc) is 2.29. The van der Waals surface area contributed by atoms with Gasteiger partial charge in [-0.1, -0.05) is 0 Å². The fraction of sp³-hybridized carbons (Fsp3) is 0.333. The van der Waals surface area contributed by atoms with E-state index in [2.05, 4.69) is 4.74 Å². The van der Waals surface area contributed by atoms with Gasteiger partial charge in [-0.15, -0.1) is 0 Å². The molecule has 0 saturated carbocycles. The summed E-state index contributed by atoms with van der Waals surface area (Å²) in [6, 6.07) is 5.05. The summed E-state index contributed by atoms with van der Waals surface area (Å²) in [4.78, 5) is 11.5. The van der Waals surface area contributed by atoms with Gasteiger partial charge in [0.2, 0.25) is 0 Å². The molecular formula is C12H14Cl2O3Ru. The molecule has 0 aliphatic carbocycles. The van der Waals surface area contributed by atoms with Gasteiger partial charge in [0.05, 0.1) is 0 Å². The summed E-state index contributed by atoms with van der Waals surface area (Å²) in [6.45, 7) is 3.85. The Morgan fingerprint density at radius 1 is 1.39 bits per heavy atom. The summed E-state index contributed by atoms with van der Waals surface area (Å²) in [6.07, 6.45) is 0.0347. The van der Waals surface area contributed by atoms with Gasteiger partial charge < -0.3 is 0 Å². The Bertz CT molecular complexity index is 468. The Kier molecular flexibility index (Phi) is 6.27. The molecule has 0 saturated heterocycles. The van der Waals surface area contributed by atoms with Gasteiger partial charge >= 0.3 is 120 Å². The molecule has 1 aromatic carbocycles. The SMILES string of the molecule is COC(=O)c1ccc(OC(C)C)c([CH]=[Ru]([Cl])[Cl])c1. The van der Waals surface area contributed by atoms with Crippen LogP contribution in [0.4, 0.5) is 0 Å². The number of carbonyl (C=O) groups excluding carboxylic acids is 1. The van der Waals surface area contributed by atoms with Crippen LogP contribution in [-0.2, 0) is 18.3 Å². The second kappa shape index (κ2) is 7.23. The van der Waals surface area contributed by atoms with Crippen molar-refractivity contribution in [3.05, 3.63) is 29.3 Å². The van der Waals surface area contributed by atoms with E-state index in [0.717, 1.165) is 5.56 Å². The number of hydrogen-bond acceptors (Lipinski definition) is 3. The minimum atomic E-state index is -1.98. The second-order valence-corrected chi connectivity index (χ2v) is 9.44. The van der Waals surface area contributed by atoms with Crippen molar-refractivity contribution in [1.82, 2.24) is 0 Å². The van der Waals surface area contributed by atoms with Crippen LogP contribution < -0.4 is 4.74 Å². The Balaban J connectivity index is 3.20. The third-order valence-corrected chi connectivity index (χ3v) is 3.81. The molecule has 0 amide bonds. The molecule has 18 heavy (non-hydrogen) atoms. The molecular weight excluding hydrogens is 364 g/mol. The van der Waals surface area contributed by atoms with Crippen LogP contribution in [0.2, 0.25) is 0 Å². The van der Waals surface area contributed by atoms with Crippen molar-refractivity contribution >= 4 is 30.0 Å². The molecule has 0 aromatic heterocycles. The van der Waals surface area contributed by atoms with Crippen LogP contribution >= 0.6 is 19.4 Å². The van der Waals surface area contributed by atoms with Crippen molar-refractivity contribution in [2.24, 2.45) is 0 Å². The fourth-order valence-electron chi connectivity index (χ4n) is 1.32. The zero-order chi connectivity index (χ0) is 13.7. The first-order valence-electron chi connectivity index (χ1n) is 5.16. The number of halogens is 2. The molecule has 6 heteroatoms. The van der Waals surface area contributed by atoms with Gasteiger partial charge in [0.1, 0.15) is 0 Å². The average molecular weight is 378 g/mol. The van der Waals surface area contributed by atoms with E-state index in [1.165, 1.54) is 7.11 Å². The zero-order valence-electron chi connectivity index (χ0n) is 10.2. The Morgan fingerprint density at radius 3 is 2.56 bits per heavy atom. The van der Waals surface area contributed by atoms with Crippen LogP contribution in [0.15, 0.2) is 18.2 Å². The van der Waals surface area contributed by atoms with E-state index in [-0.39, 0.29) is 6.10 Å². The van der Waals surface area contributed by atoms with E-state index in [1.807, 2.05) is 13.8 Å². The van der Waals surface area contributed by atoms with Crippen molar-refractivity contribution < 1.29 is 27.8 Å². The van der Waals surface area contributed by atoms with Crippen molar-refractivity contribution in [3.63, 3.8) is 0 Å². The first kappa shape index (κ1) is 15.6. The maximum absolute atomic E-state index is 11.5.